The Morgan fingerprint density at radius 3 is 3.24 bits per heavy atom. The maximum Gasteiger partial charge on any atom is 0.226 e. The van der Waals surface area contributed by atoms with Crippen molar-refractivity contribution in [1.82, 2.24) is 14.7 Å². The van der Waals surface area contributed by atoms with Gasteiger partial charge in [0.2, 0.25) is 5.91 Å². The van der Waals surface area contributed by atoms with Crippen LogP contribution in [0.3, 0.4) is 0 Å². The van der Waals surface area contributed by atoms with E-state index in [1.165, 1.54) is 23.5 Å². The van der Waals surface area contributed by atoms with Crippen molar-refractivity contribution in [1.29, 1.82) is 0 Å². The van der Waals surface area contributed by atoms with Gasteiger partial charge in [-0.15, -0.1) is 11.3 Å². The zero-order valence-corrected chi connectivity index (χ0v) is 14.1. The predicted octanol–water partition coefficient (Wildman–Crippen LogP) is 2.30. The van der Waals surface area contributed by atoms with Gasteiger partial charge in [-0.05, 0) is 24.1 Å². The first kappa shape index (κ1) is 16.0. The first-order valence-electron chi connectivity index (χ1n) is 7.88. The molecule has 1 N–H and O–H groups in total. The number of carbonyl (C=O) groups excluding carboxylic acids is 1. The van der Waals surface area contributed by atoms with Gasteiger partial charge < -0.3 is 14.8 Å². The highest BCUT2D eigenvalue weighted by molar-refractivity contribution is 7.15. The molecular formula is C17H16FN3O3S. The molecule has 6 nitrogen and oxygen atoms in total. The average molecular weight is 361 g/mol. The first-order chi connectivity index (χ1) is 12.2. The van der Waals surface area contributed by atoms with Gasteiger partial charge in [-0.1, -0.05) is 0 Å². The minimum absolute atomic E-state index is 0.111. The number of carbonyl (C=O) groups is 1. The second-order valence-electron chi connectivity index (χ2n) is 5.77. The van der Waals surface area contributed by atoms with Crippen molar-refractivity contribution < 1.29 is 18.7 Å². The highest BCUT2D eigenvalue weighted by Gasteiger charge is 2.17. The molecule has 1 amide bonds. The van der Waals surface area contributed by atoms with Crippen molar-refractivity contribution in [2.75, 3.05) is 13.3 Å². The van der Waals surface area contributed by atoms with Crippen LogP contribution in [0.1, 0.15) is 16.8 Å². The number of amides is 1. The molecule has 1 aliphatic heterocycles. The van der Waals surface area contributed by atoms with E-state index in [0.29, 0.717) is 30.9 Å². The molecule has 130 valence electrons. The number of aromatic nitrogens is 2. The van der Waals surface area contributed by atoms with Crippen LogP contribution in [0, 0.1) is 5.82 Å². The molecule has 1 aromatic carbocycles. The normalized spacial score (nSPS) is 13.5. The Hall–Kier alpha value is -2.45. The van der Waals surface area contributed by atoms with E-state index in [0.717, 1.165) is 16.2 Å². The van der Waals surface area contributed by atoms with Crippen molar-refractivity contribution in [2.24, 2.45) is 0 Å². The summed E-state index contributed by atoms with van der Waals surface area (Å²) < 4.78 is 26.2. The maximum absolute atomic E-state index is 13.7. The number of hydrogen-bond acceptors (Lipinski definition) is 5. The topological polar surface area (TPSA) is 64.9 Å². The summed E-state index contributed by atoms with van der Waals surface area (Å²) in [7, 11) is 0. The van der Waals surface area contributed by atoms with Gasteiger partial charge in [0.1, 0.15) is 11.6 Å². The lowest BCUT2D eigenvalue weighted by Gasteiger charge is -2.20. The Kier molecular flexibility index (Phi) is 4.37. The molecule has 3 aromatic rings. The van der Waals surface area contributed by atoms with Crippen LogP contribution in [0.2, 0.25) is 0 Å². The third-order valence-corrected chi connectivity index (χ3v) is 4.72. The fraction of sp³-hybridized carbons (Fsp3) is 0.294. The zero-order chi connectivity index (χ0) is 17.2. The van der Waals surface area contributed by atoms with Crippen LogP contribution < -0.4 is 10.1 Å². The van der Waals surface area contributed by atoms with Crippen LogP contribution in [0.4, 0.5) is 4.39 Å². The van der Waals surface area contributed by atoms with E-state index in [4.69, 9.17) is 9.47 Å². The number of thiazole rings is 1. The summed E-state index contributed by atoms with van der Waals surface area (Å²) in [5, 5.41) is 4.79. The molecule has 0 saturated carbocycles. The van der Waals surface area contributed by atoms with Crippen LogP contribution in [0.5, 0.6) is 5.75 Å². The summed E-state index contributed by atoms with van der Waals surface area (Å²) in [4.78, 5) is 17.3. The fourth-order valence-electron chi connectivity index (χ4n) is 2.87. The number of imidazole rings is 1. The van der Waals surface area contributed by atoms with E-state index in [1.54, 1.807) is 0 Å². The summed E-state index contributed by atoms with van der Waals surface area (Å²) in [5.41, 5.74) is 2.17. The molecule has 0 fully saturated rings. The van der Waals surface area contributed by atoms with Crippen molar-refractivity contribution in [2.45, 2.75) is 19.4 Å². The molecule has 0 saturated heterocycles. The molecule has 8 heteroatoms. The van der Waals surface area contributed by atoms with Crippen LogP contribution >= 0.6 is 11.3 Å². The molecule has 25 heavy (non-hydrogen) atoms. The SMILES string of the molecule is O=C(Cc1cn2ccsc2n1)NCCc1cc(F)cc2c1OCOC2. The molecule has 0 spiro atoms. The van der Waals surface area contributed by atoms with Gasteiger partial charge in [0.15, 0.2) is 11.8 Å². The van der Waals surface area contributed by atoms with E-state index < -0.39 is 0 Å². The monoisotopic (exact) mass is 361 g/mol. The Morgan fingerprint density at radius 2 is 2.36 bits per heavy atom. The minimum Gasteiger partial charge on any atom is -0.467 e. The number of halogens is 1. The van der Waals surface area contributed by atoms with E-state index in [9.17, 15) is 9.18 Å². The number of nitrogens with one attached hydrogen (secondary N) is 1. The van der Waals surface area contributed by atoms with Gasteiger partial charge >= 0.3 is 0 Å². The highest BCUT2D eigenvalue weighted by Crippen LogP contribution is 2.29. The van der Waals surface area contributed by atoms with Crippen LogP contribution in [0.15, 0.2) is 29.9 Å². The first-order valence-corrected chi connectivity index (χ1v) is 8.76. The number of rotatable bonds is 5. The number of ether oxygens (including phenoxy) is 2. The average Bonchev–Trinajstić information content (AvgIpc) is 3.16. The second kappa shape index (κ2) is 6.81. The Morgan fingerprint density at radius 1 is 1.44 bits per heavy atom. The maximum atomic E-state index is 13.7. The minimum atomic E-state index is -0.327. The molecule has 0 atom stereocenters. The van der Waals surface area contributed by atoms with Crippen LogP contribution in [-0.2, 0) is 29.0 Å². The molecule has 0 aliphatic carbocycles. The summed E-state index contributed by atoms with van der Waals surface area (Å²) >= 11 is 1.53. The molecule has 3 heterocycles. The van der Waals surface area contributed by atoms with E-state index in [1.807, 2.05) is 22.2 Å². The predicted molar refractivity (Wildman–Crippen MR) is 90.2 cm³/mol. The Bertz CT molecular complexity index is 893. The van der Waals surface area contributed by atoms with Crippen molar-refractivity contribution in [3.05, 3.63) is 52.5 Å². The third kappa shape index (κ3) is 3.49. The molecule has 4 rings (SSSR count). The largest absolute Gasteiger partial charge is 0.467 e. The van der Waals surface area contributed by atoms with Crippen molar-refractivity contribution >= 4 is 22.2 Å². The number of benzene rings is 1. The zero-order valence-electron chi connectivity index (χ0n) is 13.3. The molecule has 0 radical (unpaired) electrons. The second-order valence-corrected chi connectivity index (χ2v) is 6.64. The highest BCUT2D eigenvalue weighted by atomic mass is 32.1. The van der Waals surface area contributed by atoms with Crippen molar-refractivity contribution in [3.8, 4) is 5.75 Å². The van der Waals surface area contributed by atoms with Gasteiger partial charge in [0.05, 0.1) is 18.7 Å². The van der Waals surface area contributed by atoms with Gasteiger partial charge in [0, 0.05) is 29.9 Å². The summed E-state index contributed by atoms with van der Waals surface area (Å²) in [6.07, 6.45) is 4.47. The third-order valence-electron chi connectivity index (χ3n) is 3.95. The Labute approximate surface area is 147 Å². The molecule has 1 aliphatic rings. The van der Waals surface area contributed by atoms with E-state index >= 15 is 0 Å². The van der Waals surface area contributed by atoms with Gasteiger partial charge in [-0.25, -0.2) is 9.37 Å². The van der Waals surface area contributed by atoms with E-state index in [2.05, 4.69) is 10.3 Å². The summed E-state index contributed by atoms with van der Waals surface area (Å²) in [6.45, 7) is 0.903. The van der Waals surface area contributed by atoms with Crippen LogP contribution in [-0.4, -0.2) is 28.6 Å². The molecule has 0 unspecified atom stereocenters. The standard InChI is InChI=1S/C17H16FN3O3S/c18-13-5-11(16-12(6-13)9-23-10-24-16)1-2-19-15(22)7-14-8-21-3-4-25-17(21)20-14/h3-6,8H,1-2,7,9-10H2,(H,19,22). The quantitative estimate of drug-likeness (QED) is 0.757. The lowest BCUT2D eigenvalue weighted by atomic mass is 10.1. The van der Waals surface area contributed by atoms with Crippen LogP contribution in [0.25, 0.3) is 4.96 Å². The number of hydrogen-bond donors (Lipinski definition) is 1. The lowest BCUT2D eigenvalue weighted by Crippen LogP contribution is -2.27. The molecular weight excluding hydrogens is 345 g/mol. The summed E-state index contributed by atoms with van der Waals surface area (Å²) in [6, 6.07) is 2.86. The van der Waals surface area contributed by atoms with Crippen molar-refractivity contribution in [3.63, 3.8) is 0 Å². The van der Waals surface area contributed by atoms with E-state index in [-0.39, 0.29) is 24.9 Å². The number of nitrogens with zero attached hydrogens (tertiary/aromatic N) is 2. The molecule has 0 bridgehead atoms. The van der Waals surface area contributed by atoms with Gasteiger partial charge in [-0.3, -0.25) is 9.20 Å². The molecule has 2 aromatic heterocycles. The smallest absolute Gasteiger partial charge is 0.226 e. The van der Waals surface area contributed by atoms with Gasteiger partial charge in [0.25, 0.3) is 0 Å². The Balaban J connectivity index is 1.35. The summed E-state index contributed by atoms with van der Waals surface area (Å²) in [5.74, 6) is 0.226. The van der Waals surface area contributed by atoms with Gasteiger partial charge in [-0.2, -0.15) is 0 Å². The lowest BCUT2D eigenvalue weighted by molar-refractivity contribution is -0.120. The number of fused-ring (bicyclic) bond motifs is 2. The fourth-order valence-corrected chi connectivity index (χ4v) is 3.59.